The van der Waals surface area contributed by atoms with Gasteiger partial charge in [-0.1, -0.05) is 65.8 Å². The molecule has 2 saturated heterocycles. The molecule has 222 valence electrons. The fraction of sp³-hybridized carbons (Fsp3) is 0.455. The summed E-state index contributed by atoms with van der Waals surface area (Å²) in [6, 6.07) is 23.1. The molecule has 0 amide bonds. The molecule has 0 radical (unpaired) electrons. The topological polar surface area (TPSA) is 106 Å². The maximum Gasteiger partial charge on any atom is 0.190 e. The average Bonchev–Trinajstić information content (AvgIpc) is 3.47. The summed E-state index contributed by atoms with van der Waals surface area (Å²) in [4.78, 5) is 13.0. The van der Waals surface area contributed by atoms with Crippen molar-refractivity contribution in [1.29, 1.82) is 0 Å². The summed E-state index contributed by atoms with van der Waals surface area (Å²) in [6.07, 6.45) is -2.67. The van der Waals surface area contributed by atoms with E-state index in [0.717, 1.165) is 66.3 Å². The second-order valence-electron chi connectivity index (χ2n) is 11.7. The number of aliphatic hydroxyl groups excluding tert-OH is 2. The van der Waals surface area contributed by atoms with E-state index in [1.54, 1.807) is 13.8 Å². The van der Waals surface area contributed by atoms with Crippen LogP contribution < -0.4 is 0 Å². The monoisotopic (exact) mass is 573 g/mol. The molecule has 4 heterocycles. The predicted molar refractivity (Wildman–Crippen MR) is 158 cm³/mol. The maximum absolute atomic E-state index is 10.5. The number of ether oxygens (including phenoxy) is 3. The summed E-state index contributed by atoms with van der Waals surface area (Å²) in [5.74, 6) is -0.827. The Morgan fingerprint density at radius 1 is 1.10 bits per heavy atom. The number of rotatable bonds is 9. The molecular formula is C33H39N3O6. The summed E-state index contributed by atoms with van der Waals surface area (Å²) in [5.41, 5.74) is 7.70. The highest BCUT2D eigenvalue weighted by atomic mass is 16.8. The highest BCUT2D eigenvalue weighted by molar-refractivity contribution is 5.82. The van der Waals surface area contributed by atoms with Crippen molar-refractivity contribution >= 4 is 5.71 Å². The van der Waals surface area contributed by atoms with Crippen molar-refractivity contribution < 1.29 is 29.3 Å². The number of hydrogen-bond acceptors (Lipinski definition) is 9. The number of hydrogen-bond donors (Lipinski definition) is 2. The van der Waals surface area contributed by atoms with Gasteiger partial charge in [0, 0.05) is 49.3 Å². The number of nitrogens with zero attached hydrogens (tertiary/aromatic N) is 3. The van der Waals surface area contributed by atoms with E-state index in [9.17, 15) is 10.2 Å². The maximum atomic E-state index is 10.5. The molecule has 0 unspecified atom stereocenters. The van der Waals surface area contributed by atoms with Crippen molar-refractivity contribution in [2.45, 2.75) is 76.7 Å². The van der Waals surface area contributed by atoms with Crippen molar-refractivity contribution in [2.24, 2.45) is 5.16 Å². The third-order valence-corrected chi connectivity index (χ3v) is 8.07. The van der Waals surface area contributed by atoms with Crippen LogP contribution in [-0.4, -0.2) is 82.0 Å². The van der Waals surface area contributed by atoms with Gasteiger partial charge < -0.3 is 29.3 Å². The van der Waals surface area contributed by atoms with Crippen molar-refractivity contribution in [3.05, 3.63) is 78.0 Å². The Balaban J connectivity index is 1.04. The number of benzene rings is 2. The highest BCUT2D eigenvalue weighted by Crippen LogP contribution is 2.38. The minimum atomic E-state index is -1.07. The molecule has 9 nitrogen and oxygen atoms in total. The Morgan fingerprint density at radius 3 is 2.52 bits per heavy atom. The number of pyridine rings is 1. The fourth-order valence-electron chi connectivity index (χ4n) is 5.89. The summed E-state index contributed by atoms with van der Waals surface area (Å²) in [5, 5.41) is 25.3. The first kappa shape index (κ1) is 28.9. The lowest BCUT2D eigenvalue weighted by Crippen LogP contribution is -2.42. The van der Waals surface area contributed by atoms with Crippen molar-refractivity contribution in [3.8, 4) is 22.4 Å². The second-order valence-corrected chi connectivity index (χ2v) is 11.7. The van der Waals surface area contributed by atoms with E-state index in [-0.39, 0.29) is 6.61 Å². The molecule has 0 spiro atoms. The van der Waals surface area contributed by atoms with Gasteiger partial charge in [0.1, 0.15) is 31.0 Å². The highest BCUT2D eigenvalue weighted by Gasteiger charge is 2.56. The first-order valence-corrected chi connectivity index (χ1v) is 14.7. The molecule has 1 aromatic heterocycles. The van der Waals surface area contributed by atoms with Crippen LogP contribution in [0.15, 0.2) is 71.9 Å². The Bertz CT molecular complexity index is 1400. The zero-order chi connectivity index (χ0) is 29.3. The zero-order valence-corrected chi connectivity index (χ0v) is 24.3. The Labute approximate surface area is 246 Å². The van der Waals surface area contributed by atoms with Crippen LogP contribution in [-0.2, 0) is 32.0 Å². The second kappa shape index (κ2) is 12.2. The van der Waals surface area contributed by atoms with Crippen molar-refractivity contribution in [2.75, 3.05) is 19.7 Å². The van der Waals surface area contributed by atoms with Crippen molar-refractivity contribution in [3.63, 3.8) is 0 Å². The van der Waals surface area contributed by atoms with Gasteiger partial charge in [-0.05, 0) is 38.0 Å². The first-order valence-electron chi connectivity index (χ1n) is 14.7. The van der Waals surface area contributed by atoms with Crippen LogP contribution in [0.5, 0.6) is 0 Å². The van der Waals surface area contributed by atoms with Crippen LogP contribution in [0.3, 0.4) is 0 Å². The van der Waals surface area contributed by atoms with Crippen LogP contribution in [0.4, 0.5) is 0 Å². The lowest BCUT2D eigenvalue weighted by atomic mass is 9.94. The first-order chi connectivity index (χ1) is 20.3. The lowest BCUT2D eigenvalue weighted by Gasteiger charge is -2.29. The quantitative estimate of drug-likeness (QED) is 0.291. The molecule has 3 aliphatic heterocycles. The molecule has 6 rings (SSSR count). The van der Waals surface area contributed by atoms with Gasteiger partial charge in [0.25, 0.3) is 0 Å². The zero-order valence-electron chi connectivity index (χ0n) is 24.3. The van der Waals surface area contributed by atoms with E-state index in [0.29, 0.717) is 0 Å². The fourth-order valence-corrected chi connectivity index (χ4v) is 5.89. The summed E-state index contributed by atoms with van der Waals surface area (Å²) in [6.45, 7) is 7.92. The van der Waals surface area contributed by atoms with E-state index < -0.39 is 36.5 Å². The van der Waals surface area contributed by atoms with Crippen molar-refractivity contribution in [1.82, 2.24) is 9.88 Å². The molecule has 42 heavy (non-hydrogen) atoms. The number of aliphatic hydroxyl groups is 2. The molecule has 2 aromatic carbocycles. The van der Waals surface area contributed by atoms with Crippen LogP contribution >= 0.6 is 0 Å². The summed E-state index contributed by atoms with van der Waals surface area (Å²) in [7, 11) is 0. The van der Waals surface area contributed by atoms with Gasteiger partial charge in [-0.2, -0.15) is 0 Å². The molecule has 5 atom stereocenters. The van der Waals surface area contributed by atoms with Gasteiger partial charge in [-0.3, -0.25) is 9.88 Å². The molecule has 0 aliphatic carbocycles. The molecule has 2 fully saturated rings. The van der Waals surface area contributed by atoms with Gasteiger partial charge in [0.15, 0.2) is 12.1 Å². The average molecular weight is 574 g/mol. The van der Waals surface area contributed by atoms with Gasteiger partial charge in [0.05, 0.1) is 11.4 Å². The molecule has 2 N–H and O–H groups in total. The van der Waals surface area contributed by atoms with Gasteiger partial charge >= 0.3 is 0 Å². The molecule has 3 aliphatic rings. The molecular weight excluding hydrogens is 534 g/mol. The van der Waals surface area contributed by atoms with Crippen LogP contribution in [0.25, 0.3) is 22.4 Å². The number of oxime groups is 1. The standard InChI is InChI=1S/C33H39N3O6/c1-21(35-39-20-27(37)30-29(38)31-32(40-30)42-33(2,3)41-31)14-16-36-17-15-26-24(19-36)18-25(22-10-6-4-7-11-22)28(34-26)23-12-8-5-9-13-23/h4-13,18,27,29-32,37-38H,14-17,19-20H2,1-3H3/b35-21-/t27-,29+,30-,31-,32-/m1/s1. The van der Waals surface area contributed by atoms with Gasteiger partial charge in [0.2, 0.25) is 0 Å². The van der Waals surface area contributed by atoms with Gasteiger partial charge in [-0.15, -0.1) is 0 Å². The number of fused-ring (bicyclic) bond motifs is 2. The van der Waals surface area contributed by atoms with E-state index in [1.807, 2.05) is 19.1 Å². The molecule has 9 heteroatoms. The summed E-state index contributed by atoms with van der Waals surface area (Å²) >= 11 is 0. The van der Waals surface area contributed by atoms with E-state index in [1.165, 1.54) is 5.56 Å². The van der Waals surface area contributed by atoms with Crippen LogP contribution in [0.1, 0.15) is 38.4 Å². The van der Waals surface area contributed by atoms with E-state index >= 15 is 0 Å². The lowest BCUT2D eigenvalue weighted by molar-refractivity contribution is -0.228. The smallest absolute Gasteiger partial charge is 0.190 e. The number of aromatic nitrogens is 1. The third kappa shape index (κ3) is 6.27. The SMILES string of the molecule is C/C(CCN1CCc2nc(-c3ccccc3)c(-c3ccccc3)cc2C1)=N/OC[C@@H](O)[C@H]1O[C@@H]2OC(C)(C)O[C@@H]2[C@H]1O. The Hall–Kier alpha value is -3.18. The molecule has 3 aromatic rings. The Morgan fingerprint density at radius 2 is 1.81 bits per heavy atom. The summed E-state index contributed by atoms with van der Waals surface area (Å²) < 4.78 is 17.0. The van der Waals surface area contributed by atoms with E-state index in [2.05, 4.69) is 64.7 Å². The molecule has 0 saturated carbocycles. The minimum Gasteiger partial charge on any atom is -0.393 e. The third-order valence-electron chi connectivity index (χ3n) is 8.07. The van der Waals surface area contributed by atoms with E-state index in [4.69, 9.17) is 24.0 Å². The Kier molecular flexibility index (Phi) is 8.40. The normalized spacial score (nSPS) is 26.1. The predicted octanol–water partition coefficient (Wildman–Crippen LogP) is 4.15. The van der Waals surface area contributed by atoms with Crippen LogP contribution in [0, 0.1) is 0 Å². The largest absolute Gasteiger partial charge is 0.393 e. The minimum absolute atomic E-state index is 0.101. The van der Waals surface area contributed by atoms with Gasteiger partial charge in [-0.25, -0.2) is 0 Å². The molecule has 0 bridgehead atoms. The van der Waals surface area contributed by atoms with Crippen LogP contribution in [0.2, 0.25) is 0 Å².